The van der Waals surface area contributed by atoms with Crippen LogP contribution in [0, 0.1) is 6.92 Å². The number of anilines is 1. The standard InChI is InChI=1S/C29H17NO4/c1-14-10-11-15(23-22(14)26(31)17-6-2-3-7-18(17)27(23)32)16-12-13-21(30)25-24(16)28(33)19-8-4-5-9-20(19)29(25)34/h2-13H,30H2,1H3. The third kappa shape index (κ3) is 2.49. The van der Waals surface area contributed by atoms with E-state index < -0.39 is 0 Å². The first-order valence-corrected chi connectivity index (χ1v) is 10.8. The minimum absolute atomic E-state index is 0.130. The summed E-state index contributed by atoms with van der Waals surface area (Å²) in [4.78, 5) is 54.0. The van der Waals surface area contributed by atoms with Crippen LogP contribution in [-0.2, 0) is 0 Å². The molecule has 0 bridgehead atoms. The Morgan fingerprint density at radius 3 is 1.32 bits per heavy atom. The molecule has 4 aromatic carbocycles. The van der Waals surface area contributed by atoms with Crippen molar-refractivity contribution in [3.05, 3.63) is 123 Å². The van der Waals surface area contributed by atoms with E-state index in [1.807, 2.05) is 0 Å². The van der Waals surface area contributed by atoms with Crippen molar-refractivity contribution < 1.29 is 19.2 Å². The van der Waals surface area contributed by atoms with Crippen molar-refractivity contribution >= 4 is 28.8 Å². The molecule has 0 saturated heterocycles. The van der Waals surface area contributed by atoms with Gasteiger partial charge in [-0.15, -0.1) is 0 Å². The van der Waals surface area contributed by atoms with Crippen LogP contribution in [-0.4, -0.2) is 23.1 Å². The summed E-state index contributed by atoms with van der Waals surface area (Å²) in [7, 11) is 0. The molecule has 2 aliphatic carbocycles. The van der Waals surface area contributed by atoms with Crippen LogP contribution < -0.4 is 5.73 Å². The van der Waals surface area contributed by atoms with Crippen molar-refractivity contribution in [1.82, 2.24) is 0 Å². The fraction of sp³-hybridized carbons (Fsp3) is 0.0345. The van der Waals surface area contributed by atoms with Crippen LogP contribution in [0.25, 0.3) is 11.1 Å². The summed E-state index contributed by atoms with van der Waals surface area (Å²) in [5.41, 5.74) is 10.0. The van der Waals surface area contributed by atoms with Crippen LogP contribution >= 0.6 is 0 Å². The van der Waals surface area contributed by atoms with Crippen molar-refractivity contribution in [1.29, 1.82) is 0 Å². The van der Waals surface area contributed by atoms with Crippen LogP contribution in [0.1, 0.15) is 69.2 Å². The fourth-order valence-electron chi connectivity index (χ4n) is 5.08. The molecule has 162 valence electrons. The third-order valence-electron chi connectivity index (χ3n) is 6.68. The zero-order valence-electron chi connectivity index (χ0n) is 18.1. The number of hydrogen-bond donors (Lipinski definition) is 1. The summed E-state index contributed by atoms with van der Waals surface area (Å²) in [6.45, 7) is 1.78. The molecule has 5 nitrogen and oxygen atoms in total. The second-order valence-electron chi connectivity index (χ2n) is 8.54. The number of hydrogen-bond acceptors (Lipinski definition) is 5. The summed E-state index contributed by atoms with van der Waals surface area (Å²) < 4.78 is 0. The average molecular weight is 443 g/mol. The molecule has 0 saturated carbocycles. The molecule has 0 heterocycles. The molecule has 2 N–H and O–H groups in total. The number of benzene rings is 4. The van der Waals surface area contributed by atoms with Crippen molar-refractivity contribution in [2.75, 3.05) is 5.73 Å². The molecule has 0 aliphatic heterocycles. The Morgan fingerprint density at radius 1 is 0.441 bits per heavy atom. The van der Waals surface area contributed by atoms with Gasteiger partial charge >= 0.3 is 0 Å². The van der Waals surface area contributed by atoms with Gasteiger partial charge in [0.15, 0.2) is 23.1 Å². The number of rotatable bonds is 1. The molecule has 6 rings (SSSR count). The highest BCUT2D eigenvalue weighted by Crippen LogP contribution is 2.41. The minimum atomic E-state index is -0.336. The number of nitrogen functional groups attached to an aromatic ring is 1. The number of carbonyl (C=O) groups excluding carboxylic acids is 4. The lowest BCUT2D eigenvalue weighted by atomic mass is 9.75. The first kappa shape index (κ1) is 20.0. The first-order valence-electron chi connectivity index (χ1n) is 10.8. The van der Waals surface area contributed by atoms with Gasteiger partial charge in [-0.05, 0) is 29.7 Å². The van der Waals surface area contributed by atoms with Gasteiger partial charge in [0.1, 0.15) is 0 Å². The van der Waals surface area contributed by atoms with Crippen LogP contribution in [0.2, 0.25) is 0 Å². The van der Waals surface area contributed by atoms with E-state index in [1.54, 1.807) is 79.7 Å². The first-order chi connectivity index (χ1) is 16.4. The summed E-state index contributed by atoms with van der Waals surface area (Å²) in [5.74, 6) is -1.19. The molecule has 0 radical (unpaired) electrons. The van der Waals surface area contributed by atoms with E-state index in [0.29, 0.717) is 44.5 Å². The predicted octanol–water partition coefficient (Wildman–Crippen LogP) is 4.80. The number of fused-ring (bicyclic) bond motifs is 4. The average Bonchev–Trinajstić information content (AvgIpc) is 2.86. The molecule has 0 fully saturated rings. The quantitative estimate of drug-likeness (QED) is 0.369. The zero-order chi connectivity index (χ0) is 23.7. The van der Waals surface area contributed by atoms with E-state index in [0.717, 1.165) is 0 Å². The smallest absolute Gasteiger partial charge is 0.196 e. The molecule has 0 spiro atoms. The Morgan fingerprint density at radius 2 is 0.824 bits per heavy atom. The summed E-state index contributed by atoms with van der Waals surface area (Å²) in [6, 6.07) is 20.1. The van der Waals surface area contributed by atoms with Gasteiger partial charge in [0, 0.05) is 44.6 Å². The molecule has 0 aromatic heterocycles. The Hall–Kier alpha value is -4.64. The van der Waals surface area contributed by atoms with Crippen molar-refractivity contribution in [3.8, 4) is 11.1 Å². The Bertz CT molecular complexity index is 1520. The minimum Gasteiger partial charge on any atom is -0.398 e. The second kappa shape index (κ2) is 6.93. The molecular formula is C29H17NO4. The zero-order valence-corrected chi connectivity index (χ0v) is 18.1. The van der Waals surface area contributed by atoms with E-state index in [2.05, 4.69) is 0 Å². The van der Waals surface area contributed by atoms with Crippen molar-refractivity contribution in [3.63, 3.8) is 0 Å². The maximum atomic E-state index is 13.7. The topological polar surface area (TPSA) is 94.3 Å². The van der Waals surface area contributed by atoms with Gasteiger partial charge in [-0.25, -0.2) is 0 Å². The number of nitrogens with two attached hydrogens (primary N) is 1. The number of carbonyl (C=O) groups is 4. The molecule has 0 atom stereocenters. The van der Waals surface area contributed by atoms with Crippen LogP contribution in [0.5, 0.6) is 0 Å². The Kier molecular flexibility index (Phi) is 4.08. The molecule has 2 aliphatic rings. The van der Waals surface area contributed by atoms with Gasteiger partial charge in [0.2, 0.25) is 0 Å². The summed E-state index contributed by atoms with van der Waals surface area (Å²) in [5, 5.41) is 0. The lowest BCUT2D eigenvalue weighted by Gasteiger charge is -2.25. The molecular weight excluding hydrogens is 426 g/mol. The van der Waals surface area contributed by atoms with E-state index in [4.69, 9.17) is 5.73 Å². The van der Waals surface area contributed by atoms with E-state index in [9.17, 15) is 19.2 Å². The number of ketones is 4. The van der Waals surface area contributed by atoms with E-state index >= 15 is 0 Å². The normalized spacial score (nSPS) is 13.8. The summed E-state index contributed by atoms with van der Waals surface area (Å²) in [6.07, 6.45) is 0. The Balaban J connectivity index is 1.68. The monoisotopic (exact) mass is 443 g/mol. The van der Waals surface area contributed by atoms with Crippen molar-refractivity contribution in [2.45, 2.75) is 6.92 Å². The van der Waals surface area contributed by atoms with Crippen LogP contribution in [0.15, 0.2) is 72.8 Å². The predicted molar refractivity (Wildman–Crippen MR) is 128 cm³/mol. The van der Waals surface area contributed by atoms with Gasteiger partial charge in [-0.2, -0.15) is 0 Å². The van der Waals surface area contributed by atoms with Gasteiger partial charge in [0.25, 0.3) is 0 Å². The van der Waals surface area contributed by atoms with Crippen LogP contribution in [0.3, 0.4) is 0 Å². The highest BCUT2D eigenvalue weighted by molar-refractivity contribution is 6.34. The van der Waals surface area contributed by atoms with E-state index in [-0.39, 0.29) is 45.5 Å². The maximum Gasteiger partial charge on any atom is 0.196 e. The molecule has 5 heteroatoms. The van der Waals surface area contributed by atoms with Crippen molar-refractivity contribution in [2.24, 2.45) is 0 Å². The summed E-state index contributed by atoms with van der Waals surface area (Å²) >= 11 is 0. The lowest BCUT2D eigenvalue weighted by Crippen LogP contribution is -2.25. The van der Waals surface area contributed by atoms with Gasteiger partial charge < -0.3 is 5.73 Å². The fourth-order valence-corrected chi connectivity index (χ4v) is 5.08. The second-order valence-corrected chi connectivity index (χ2v) is 8.54. The number of aryl methyl sites for hydroxylation is 1. The van der Waals surface area contributed by atoms with Gasteiger partial charge in [-0.1, -0.05) is 66.7 Å². The maximum absolute atomic E-state index is 13.7. The highest BCUT2D eigenvalue weighted by atomic mass is 16.1. The van der Waals surface area contributed by atoms with Gasteiger partial charge in [0.05, 0.1) is 5.56 Å². The lowest BCUT2D eigenvalue weighted by molar-refractivity contribution is 0.0978. The third-order valence-corrected chi connectivity index (χ3v) is 6.68. The Labute approximate surface area is 194 Å². The van der Waals surface area contributed by atoms with E-state index in [1.165, 1.54) is 0 Å². The van der Waals surface area contributed by atoms with Crippen LogP contribution in [0.4, 0.5) is 5.69 Å². The highest BCUT2D eigenvalue weighted by Gasteiger charge is 2.37. The van der Waals surface area contributed by atoms with Gasteiger partial charge in [-0.3, -0.25) is 19.2 Å². The molecule has 34 heavy (non-hydrogen) atoms. The largest absolute Gasteiger partial charge is 0.398 e. The SMILES string of the molecule is Cc1ccc(-c2ccc(N)c3c2C(=O)c2ccccc2C3=O)c2c1C(=O)c1ccccc1C2=O. The molecule has 0 amide bonds. The molecule has 4 aromatic rings. The molecule has 0 unspecified atom stereocenters.